The number of benzene rings is 1. The van der Waals surface area contributed by atoms with Crippen LogP contribution in [0.5, 0.6) is 5.75 Å². The van der Waals surface area contributed by atoms with E-state index in [9.17, 15) is 4.79 Å². The van der Waals surface area contributed by atoms with Crippen molar-refractivity contribution >= 4 is 22.4 Å². The van der Waals surface area contributed by atoms with Gasteiger partial charge in [0.25, 0.3) is 0 Å². The summed E-state index contributed by atoms with van der Waals surface area (Å²) >= 11 is 0. The van der Waals surface area contributed by atoms with Gasteiger partial charge in [0, 0.05) is 5.39 Å². The van der Waals surface area contributed by atoms with Crippen LogP contribution in [0.15, 0.2) is 30.3 Å². The first-order chi connectivity index (χ1) is 10.2. The summed E-state index contributed by atoms with van der Waals surface area (Å²) in [5.41, 5.74) is 2.72. The Hall–Kier alpha value is -2.56. The molecule has 2 aromatic heterocycles. The maximum absolute atomic E-state index is 12.1. The van der Waals surface area contributed by atoms with Gasteiger partial charge >= 0.3 is 5.97 Å². The predicted octanol–water partition coefficient (Wildman–Crippen LogP) is 2.98. The van der Waals surface area contributed by atoms with Crippen molar-refractivity contribution in [3.63, 3.8) is 0 Å². The standard InChI is InChI=1S/C16H16N2O3/c1-4-21-16(19)14-10(2)17-18-12(14)9-8-11-6-5-7-13(20-3)15(11)18/h5-9H,4H2,1-3H3. The molecule has 5 nitrogen and oxygen atoms in total. The number of hydrogen-bond acceptors (Lipinski definition) is 4. The molecule has 2 heterocycles. The Morgan fingerprint density at radius 2 is 2.10 bits per heavy atom. The third-order valence-electron chi connectivity index (χ3n) is 3.46. The van der Waals surface area contributed by atoms with E-state index in [1.54, 1.807) is 25.5 Å². The number of hydrogen-bond donors (Lipinski definition) is 0. The molecule has 0 bridgehead atoms. The first-order valence-electron chi connectivity index (χ1n) is 6.79. The molecular formula is C16H16N2O3. The van der Waals surface area contributed by atoms with Crippen LogP contribution in [0.25, 0.3) is 16.4 Å². The van der Waals surface area contributed by atoms with Gasteiger partial charge in [0.15, 0.2) is 0 Å². The van der Waals surface area contributed by atoms with Crippen molar-refractivity contribution in [1.82, 2.24) is 9.61 Å². The SMILES string of the molecule is CCOC(=O)c1c(C)nn2c1ccc1cccc(OC)c12. The smallest absolute Gasteiger partial charge is 0.342 e. The van der Waals surface area contributed by atoms with Gasteiger partial charge in [-0.15, -0.1) is 0 Å². The van der Waals surface area contributed by atoms with Crippen molar-refractivity contribution in [2.75, 3.05) is 13.7 Å². The average Bonchev–Trinajstić information content (AvgIpc) is 2.82. The van der Waals surface area contributed by atoms with E-state index in [4.69, 9.17) is 9.47 Å². The molecule has 0 unspecified atom stereocenters. The summed E-state index contributed by atoms with van der Waals surface area (Å²) in [6, 6.07) is 9.63. The molecule has 0 aliphatic carbocycles. The first-order valence-corrected chi connectivity index (χ1v) is 6.79. The van der Waals surface area contributed by atoms with E-state index in [1.807, 2.05) is 30.3 Å². The lowest BCUT2D eigenvalue weighted by molar-refractivity contribution is 0.0528. The lowest BCUT2D eigenvalue weighted by Gasteiger charge is -2.07. The summed E-state index contributed by atoms with van der Waals surface area (Å²) in [4.78, 5) is 12.1. The number of carbonyl (C=O) groups excluding carboxylic acids is 1. The highest BCUT2D eigenvalue weighted by Gasteiger charge is 2.20. The molecule has 21 heavy (non-hydrogen) atoms. The van der Waals surface area contributed by atoms with E-state index in [-0.39, 0.29) is 5.97 Å². The van der Waals surface area contributed by atoms with Crippen molar-refractivity contribution in [2.24, 2.45) is 0 Å². The van der Waals surface area contributed by atoms with Crippen LogP contribution in [0.4, 0.5) is 0 Å². The molecule has 0 spiro atoms. The van der Waals surface area contributed by atoms with E-state index >= 15 is 0 Å². The van der Waals surface area contributed by atoms with Gasteiger partial charge in [-0.25, -0.2) is 9.31 Å². The average molecular weight is 284 g/mol. The van der Waals surface area contributed by atoms with Gasteiger partial charge in [0.2, 0.25) is 0 Å². The second-order valence-corrected chi connectivity index (χ2v) is 4.71. The number of ether oxygens (including phenoxy) is 2. The van der Waals surface area contributed by atoms with Gasteiger partial charge in [-0.3, -0.25) is 0 Å². The number of methoxy groups -OCH3 is 1. The Labute approximate surface area is 122 Å². The van der Waals surface area contributed by atoms with Crippen LogP contribution in [0.2, 0.25) is 0 Å². The van der Waals surface area contributed by atoms with E-state index in [1.165, 1.54) is 0 Å². The molecule has 0 atom stereocenters. The summed E-state index contributed by atoms with van der Waals surface area (Å²) in [5, 5.41) is 5.49. The van der Waals surface area contributed by atoms with Crippen LogP contribution >= 0.6 is 0 Å². The molecule has 0 saturated carbocycles. The fourth-order valence-corrected chi connectivity index (χ4v) is 2.56. The summed E-state index contributed by atoms with van der Waals surface area (Å²) in [6.07, 6.45) is 0. The monoisotopic (exact) mass is 284 g/mol. The molecule has 5 heteroatoms. The minimum Gasteiger partial charge on any atom is -0.494 e. The molecule has 0 aliphatic rings. The van der Waals surface area contributed by atoms with Crippen molar-refractivity contribution in [2.45, 2.75) is 13.8 Å². The Kier molecular flexibility index (Phi) is 3.25. The minimum absolute atomic E-state index is 0.340. The molecule has 0 fully saturated rings. The van der Waals surface area contributed by atoms with Gasteiger partial charge < -0.3 is 9.47 Å². The molecule has 3 rings (SSSR count). The van der Waals surface area contributed by atoms with Gasteiger partial charge in [-0.1, -0.05) is 18.2 Å². The number of aromatic nitrogens is 2. The predicted molar refractivity (Wildman–Crippen MR) is 79.9 cm³/mol. The molecule has 3 aromatic rings. The summed E-state index contributed by atoms with van der Waals surface area (Å²) in [7, 11) is 1.62. The Bertz CT molecular complexity index is 836. The highest BCUT2D eigenvalue weighted by Crippen LogP contribution is 2.28. The quantitative estimate of drug-likeness (QED) is 0.694. The number of rotatable bonds is 3. The number of fused-ring (bicyclic) bond motifs is 3. The molecule has 108 valence electrons. The van der Waals surface area contributed by atoms with Crippen LogP contribution in [-0.2, 0) is 4.74 Å². The number of pyridine rings is 1. The van der Waals surface area contributed by atoms with Crippen molar-refractivity contribution in [3.05, 3.63) is 41.6 Å². The molecule has 0 N–H and O–H groups in total. The second-order valence-electron chi connectivity index (χ2n) is 4.71. The molecule has 0 aliphatic heterocycles. The van der Waals surface area contributed by atoms with Crippen LogP contribution < -0.4 is 4.74 Å². The van der Waals surface area contributed by atoms with Crippen molar-refractivity contribution < 1.29 is 14.3 Å². The van der Waals surface area contributed by atoms with Crippen molar-refractivity contribution in [1.29, 1.82) is 0 Å². The zero-order valence-corrected chi connectivity index (χ0v) is 12.2. The maximum Gasteiger partial charge on any atom is 0.342 e. The largest absolute Gasteiger partial charge is 0.494 e. The third kappa shape index (κ3) is 2.01. The highest BCUT2D eigenvalue weighted by molar-refractivity contribution is 6.00. The first kappa shape index (κ1) is 13.4. The van der Waals surface area contributed by atoms with Gasteiger partial charge in [0.1, 0.15) is 16.8 Å². The number of esters is 1. The molecule has 1 aromatic carbocycles. The van der Waals surface area contributed by atoms with E-state index in [2.05, 4.69) is 5.10 Å². The molecular weight excluding hydrogens is 268 g/mol. The molecule has 0 saturated heterocycles. The zero-order valence-electron chi connectivity index (χ0n) is 12.2. The normalized spacial score (nSPS) is 11.0. The van der Waals surface area contributed by atoms with Gasteiger partial charge in [-0.05, 0) is 26.0 Å². The number of aryl methyl sites for hydroxylation is 1. The van der Waals surface area contributed by atoms with Crippen LogP contribution in [0, 0.1) is 6.92 Å². The number of nitrogens with zero attached hydrogens (tertiary/aromatic N) is 2. The molecule has 0 radical (unpaired) electrons. The Morgan fingerprint density at radius 1 is 1.29 bits per heavy atom. The summed E-state index contributed by atoms with van der Waals surface area (Å²) < 4.78 is 12.3. The fourth-order valence-electron chi connectivity index (χ4n) is 2.56. The summed E-state index contributed by atoms with van der Waals surface area (Å²) in [6.45, 7) is 3.93. The van der Waals surface area contributed by atoms with Gasteiger partial charge in [0.05, 0.1) is 24.9 Å². The third-order valence-corrected chi connectivity index (χ3v) is 3.46. The van der Waals surface area contributed by atoms with E-state index in [0.29, 0.717) is 17.9 Å². The lowest BCUT2D eigenvalue weighted by Crippen LogP contribution is -2.05. The minimum atomic E-state index is -0.348. The zero-order chi connectivity index (χ0) is 15.0. The summed E-state index contributed by atoms with van der Waals surface area (Å²) in [5.74, 6) is 0.371. The van der Waals surface area contributed by atoms with Crippen LogP contribution in [-0.4, -0.2) is 29.3 Å². The number of carbonyl (C=O) groups is 1. The second kappa shape index (κ2) is 5.09. The number of para-hydroxylation sites is 1. The van der Waals surface area contributed by atoms with Crippen LogP contribution in [0.3, 0.4) is 0 Å². The van der Waals surface area contributed by atoms with Crippen LogP contribution in [0.1, 0.15) is 23.0 Å². The Balaban J connectivity index is 2.37. The lowest BCUT2D eigenvalue weighted by atomic mass is 10.1. The van der Waals surface area contributed by atoms with E-state index in [0.717, 1.165) is 22.2 Å². The highest BCUT2D eigenvalue weighted by atomic mass is 16.5. The van der Waals surface area contributed by atoms with Crippen molar-refractivity contribution in [3.8, 4) is 5.75 Å². The maximum atomic E-state index is 12.1. The topological polar surface area (TPSA) is 52.8 Å². The fraction of sp³-hybridized carbons (Fsp3) is 0.250. The Morgan fingerprint density at radius 3 is 2.81 bits per heavy atom. The molecule has 0 amide bonds. The van der Waals surface area contributed by atoms with Gasteiger partial charge in [-0.2, -0.15) is 5.10 Å². The van der Waals surface area contributed by atoms with E-state index < -0.39 is 0 Å².